The van der Waals surface area contributed by atoms with Gasteiger partial charge in [0.05, 0.1) is 0 Å². The molecule has 1 N–H and O–H groups in total. The fourth-order valence-electron chi connectivity index (χ4n) is 2.34. The number of nitrogens with zero attached hydrogens (tertiary/aromatic N) is 5. The highest BCUT2D eigenvalue weighted by atomic mass is 32.1. The van der Waals surface area contributed by atoms with Crippen molar-refractivity contribution in [3.05, 3.63) is 29.5 Å². The molecule has 0 aliphatic carbocycles. The first-order valence-electron chi connectivity index (χ1n) is 7.28. The van der Waals surface area contributed by atoms with Gasteiger partial charge in [-0.15, -0.1) is 11.3 Å². The summed E-state index contributed by atoms with van der Waals surface area (Å²) in [7, 11) is 0. The van der Waals surface area contributed by atoms with Crippen molar-refractivity contribution in [1.29, 1.82) is 0 Å². The molecule has 21 heavy (non-hydrogen) atoms. The molecule has 2 aromatic rings. The van der Waals surface area contributed by atoms with Crippen LogP contribution < -0.4 is 15.1 Å². The second kappa shape index (κ2) is 6.82. The molecule has 1 fully saturated rings. The lowest BCUT2D eigenvalue weighted by atomic mass is 10.3. The molecule has 1 aliphatic heterocycles. The van der Waals surface area contributed by atoms with Gasteiger partial charge in [-0.1, -0.05) is 6.92 Å². The largest absolute Gasteiger partial charge is 0.345 e. The van der Waals surface area contributed by atoms with E-state index in [4.69, 9.17) is 0 Å². The predicted molar refractivity (Wildman–Crippen MR) is 86.0 cm³/mol. The molecule has 3 rings (SSSR count). The van der Waals surface area contributed by atoms with Crippen molar-refractivity contribution in [3.63, 3.8) is 0 Å². The van der Waals surface area contributed by atoms with E-state index in [0.717, 1.165) is 55.9 Å². The summed E-state index contributed by atoms with van der Waals surface area (Å²) >= 11 is 1.69. The summed E-state index contributed by atoms with van der Waals surface area (Å²) in [5.41, 5.74) is 1.13. The van der Waals surface area contributed by atoms with E-state index in [0.29, 0.717) is 0 Å². The van der Waals surface area contributed by atoms with Crippen molar-refractivity contribution >= 4 is 22.4 Å². The summed E-state index contributed by atoms with van der Waals surface area (Å²) in [5.74, 6) is 0.828. The molecular formula is C14H20N6S. The minimum absolute atomic E-state index is 0.828. The number of anilines is 2. The lowest BCUT2D eigenvalue weighted by molar-refractivity contribution is 0.637. The second-order valence-electron chi connectivity index (χ2n) is 4.96. The third-order valence-corrected chi connectivity index (χ3v) is 4.36. The lowest BCUT2D eigenvalue weighted by Gasteiger charge is -2.34. The summed E-state index contributed by atoms with van der Waals surface area (Å²) in [6.45, 7) is 7.69. The zero-order chi connectivity index (χ0) is 14.5. The van der Waals surface area contributed by atoms with Crippen LogP contribution in [-0.2, 0) is 6.54 Å². The molecule has 0 aromatic carbocycles. The van der Waals surface area contributed by atoms with Crippen LogP contribution in [0.15, 0.2) is 24.0 Å². The van der Waals surface area contributed by atoms with Crippen molar-refractivity contribution in [1.82, 2.24) is 20.3 Å². The molecule has 3 heterocycles. The van der Waals surface area contributed by atoms with Crippen LogP contribution in [0.4, 0.5) is 11.1 Å². The summed E-state index contributed by atoms with van der Waals surface area (Å²) in [6, 6.07) is 0. The van der Waals surface area contributed by atoms with Crippen molar-refractivity contribution in [2.45, 2.75) is 13.5 Å². The maximum Gasteiger partial charge on any atom is 0.225 e. The van der Waals surface area contributed by atoms with Crippen LogP contribution in [0.25, 0.3) is 0 Å². The van der Waals surface area contributed by atoms with Crippen LogP contribution >= 0.6 is 11.3 Å². The van der Waals surface area contributed by atoms with E-state index in [1.54, 1.807) is 11.3 Å². The van der Waals surface area contributed by atoms with Crippen LogP contribution in [0.3, 0.4) is 0 Å². The Morgan fingerprint density at radius 1 is 1.10 bits per heavy atom. The lowest BCUT2D eigenvalue weighted by Crippen LogP contribution is -2.47. The maximum absolute atomic E-state index is 4.49. The number of rotatable bonds is 5. The first kappa shape index (κ1) is 14.2. The number of aromatic nitrogens is 3. The molecule has 0 atom stereocenters. The van der Waals surface area contributed by atoms with E-state index >= 15 is 0 Å². The van der Waals surface area contributed by atoms with E-state index in [1.165, 1.54) is 0 Å². The van der Waals surface area contributed by atoms with Gasteiger partial charge in [-0.05, 0) is 6.54 Å². The fraction of sp³-hybridized carbons (Fsp3) is 0.500. The molecule has 2 aromatic heterocycles. The van der Waals surface area contributed by atoms with Crippen molar-refractivity contribution < 1.29 is 0 Å². The Labute approximate surface area is 128 Å². The summed E-state index contributed by atoms with van der Waals surface area (Å²) in [4.78, 5) is 17.9. The highest BCUT2D eigenvalue weighted by Gasteiger charge is 2.20. The number of hydrogen-bond donors (Lipinski definition) is 1. The Bertz CT molecular complexity index is 533. The van der Waals surface area contributed by atoms with Gasteiger partial charge in [0.15, 0.2) is 5.13 Å². The predicted octanol–water partition coefficient (Wildman–Crippen LogP) is 1.37. The van der Waals surface area contributed by atoms with Gasteiger partial charge in [0, 0.05) is 62.3 Å². The monoisotopic (exact) mass is 304 g/mol. The van der Waals surface area contributed by atoms with Crippen LogP contribution in [0.2, 0.25) is 0 Å². The van der Waals surface area contributed by atoms with Crippen molar-refractivity contribution in [2.75, 3.05) is 42.5 Å². The molecule has 6 nitrogen and oxygen atoms in total. The normalized spacial score (nSPS) is 15.5. The molecule has 0 amide bonds. The van der Waals surface area contributed by atoms with Crippen molar-refractivity contribution in [3.8, 4) is 0 Å². The molecular weight excluding hydrogens is 284 g/mol. The number of thiazole rings is 1. The Hall–Kier alpha value is -1.73. The van der Waals surface area contributed by atoms with Crippen molar-refractivity contribution in [2.24, 2.45) is 0 Å². The Kier molecular flexibility index (Phi) is 4.62. The highest BCUT2D eigenvalue weighted by Crippen LogP contribution is 2.20. The average Bonchev–Trinajstić information content (AvgIpc) is 3.08. The number of piperazine rings is 1. The van der Waals surface area contributed by atoms with Crippen LogP contribution in [0, 0.1) is 0 Å². The van der Waals surface area contributed by atoms with E-state index in [2.05, 4.69) is 37.0 Å². The van der Waals surface area contributed by atoms with Gasteiger partial charge in [-0.2, -0.15) is 0 Å². The van der Waals surface area contributed by atoms with Gasteiger partial charge in [0.25, 0.3) is 0 Å². The van der Waals surface area contributed by atoms with E-state index in [9.17, 15) is 0 Å². The third-order valence-electron chi connectivity index (χ3n) is 3.52. The highest BCUT2D eigenvalue weighted by molar-refractivity contribution is 7.13. The number of hydrogen-bond acceptors (Lipinski definition) is 7. The Balaban J connectivity index is 1.56. The van der Waals surface area contributed by atoms with Gasteiger partial charge in [0.1, 0.15) is 0 Å². The summed E-state index contributed by atoms with van der Waals surface area (Å²) < 4.78 is 0. The molecule has 0 radical (unpaired) electrons. The minimum Gasteiger partial charge on any atom is -0.345 e. The first-order valence-corrected chi connectivity index (χ1v) is 8.16. The molecule has 112 valence electrons. The first-order chi connectivity index (χ1) is 10.4. The zero-order valence-corrected chi connectivity index (χ0v) is 13.0. The van der Waals surface area contributed by atoms with Gasteiger partial charge >= 0.3 is 0 Å². The molecule has 0 saturated carbocycles. The van der Waals surface area contributed by atoms with E-state index in [-0.39, 0.29) is 0 Å². The van der Waals surface area contributed by atoms with Gasteiger partial charge in [0.2, 0.25) is 5.95 Å². The molecule has 0 bridgehead atoms. The van der Waals surface area contributed by atoms with Crippen LogP contribution in [0.1, 0.15) is 12.5 Å². The van der Waals surface area contributed by atoms with Gasteiger partial charge < -0.3 is 15.1 Å². The topological polar surface area (TPSA) is 57.2 Å². The fourth-order valence-corrected chi connectivity index (χ4v) is 3.04. The SMILES string of the molecule is CCNCc1cnc(N2CCN(c3nccs3)CC2)nc1. The maximum atomic E-state index is 4.49. The summed E-state index contributed by atoms with van der Waals surface area (Å²) in [6.07, 6.45) is 5.69. The molecule has 0 unspecified atom stereocenters. The zero-order valence-electron chi connectivity index (χ0n) is 12.2. The number of nitrogens with one attached hydrogen (secondary N) is 1. The minimum atomic E-state index is 0.828. The standard InChI is InChI=1S/C14H20N6S/c1-2-15-9-12-10-17-13(18-11-12)19-4-6-20(7-5-19)14-16-3-8-21-14/h3,8,10-11,15H,2,4-7,9H2,1H3. The Morgan fingerprint density at radius 2 is 1.81 bits per heavy atom. The van der Waals surface area contributed by atoms with Gasteiger partial charge in [-0.3, -0.25) is 0 Å². The van der Waals surface area contributed by atoms with Crippen LogP contribution in [0.5, 0.6) is 0 Å². The molecule has 1 aliphatic rings. The molecule has 0 spiro atoms. The van der Waals surface area contributed by atoms with E-state index < -0.39 is 0 Å². The van der Waals surface area contributed by atoms with E-state index in [1.807, 2.05) is 24.0 Å². The molecule has 7 heteroatoms. The van der Waals surface area contributed by atoms with Gasteiger partial charge in [-0.25, -0.2) is 15.0 Å². The third kappa shape index (κ3) is 3.48. The smallest absolute Gasteiger partial charge is 0.225 e. The Morgan fingerprint density at radius 3 is 2.43 bits per heavy atom. The summed E-state index contributed by atoms with van der Waals surface area (Å²) in [5, 5.41) is 6.41. The second-order valence-corrected chi connectivity index (χ2v) is 5.83. The quantitative estimate of drug-likeness (QED) is 0.900. The average molecular weight is 304 g/mol. The molecule has 1 saturated heterocycles. The van der Waals surface area contributed by atoms with Crippen LogP contribution in [-0.4, -0.2) is 47.7 Å².